The zero-order valence-corrected chi connectivity index (χ0v) is 10.8. The fraction of sp³-hybridized carbons (Fsp3) is 1.00. The smallest absolute Gasteiger partial charge is 0.0129 e. The van der Waals surface area contributed by atoms with Gasteiger partial charge in [-0.25, -0.2) is 0 Å². The van der Waals surface area contributed by atoms with Crippen LogP contribution in [0.1, 0.15) is 65.7 Å². The van der Waals surface area contributed by atoms with Gasteiger partial charge in [0.1, 0.15) is 0 Å². The molecule has 2 aliphatic rings. The maximum absolute atomic E-state index is 2.81. The second-order valence-corrected chi connectivity index (χ2v) is 6.47. The van der Waals surface area contributed by atoms with Crippen LogP contribution in [0, 0.1) is 5.92 Å². The van der Waals surface area contributed by atoms with Crippen LogP contribution in [0.25, 0.3) is 0 Å². The molecule has 0 aromatic heterocycles. The van der Waals surface area contributed by atoms with E-state index in [0.29, 0.717) is 5.54 Å². The van der Waals surface area contributed by atoms with Crippen LogP contribution in [-0.2, 0) is 0 Å². The van der Waals surface area contributed by atoms with Crippen molar-refractivity contribution in [1.29, 1.82) is 0 Å². The Balaban J connectivity index is 2.13. The molecule has 1 heteroatoms. The van der Waals surface area contributed by atoms with Gasteiger partial charge in [-0.3, -0.25) is 4.90 Å². The number of likely N-dealkylation sites (tertiary alicyclic amines) is 1. The van der Waals surface area contributed by atoms with Crippen molar-refractivity contribution in [3.05, 3.63) is 0 Å². The zero-order chi connectivity index (χ0) is 10.9. The molecule has 0 spiro atoms. The van der Waals surface area contributed by atoms with Gasteiger partial charge in [-0.2, -0.15) is 0 Å². The Kier molecular flexibility index (Phi) is 3.39. The molecular weight excluding hydrogens is 182 g/mol. The third kappa shape index (κ3) is 2.55. The SMILES string of the molecule is CC(C)(C)N1CCCCC2CCCCC21. The minimum Gasteiger partial charge on any atom is -0.295 e. The summed E-state index contributed by atoms with van der Waals surface area (Å²) in [5.41, 5.74) is 0.380. The average molecular weight is 209 g/mol. The normalized spacial score (nSPS) is 34.6. The summed E-state index contributed by atoms with van der Waals surface area (Å²) in [6.45, 7) is 8.52. The molecule has 2 atom stereocenters. The Morgan fingerprint density at radius 1 is 0.867 bits per heavy atom. The molecule has 1 heterocycles. The summed E-state index contributed by atoms with van der Waals surface area (Å²) in [4.78, 5) is 2.81. The minimum atomic E-state index is 0.380. The lowest BCUT2D eigenvalue weighted by atomic mass is 9.80. The van der Waals surface area contributed by atoms with Gasteiger partial charge >= 0.3 is 0 Å². The van der Waals surface area contributed by atoms with Crippen molar-refractivity contribution < 1.29 is 0 Å². The van der Waals surface area contributed by atoms with Gasteiger partial charge in [0.25, 0.3) is 0 Å². The second kappa shape index (κ2) is 4.45. The van der Waals surface area contributed by atoms with Gasteiger partial charge in [0, 0.05) is 11.6 Å². The van der Waals surface area contributed by atoms with Crippen molar-refractivity contribution in [3.63, 3.8) is 0 Å². The van der Waals surface area contributed by atoms with Gasteiger partial charge in [0.15, 0.2) is 0 Å². The largest absolute Gasteiger partial charge is 0.295 e. The summed E-state index contributed by atoms with van der Waals surface area (Å²) in [5.74, 6) is 1.01. The van der Waals surface area contributed by atoms with Gasteiger partial charge in [-0.05, 0) is 58.9 Å². The first-order valence-electron chi connectivity index (χ1n) is 6.86. The third-order valence-corrected chi connectivity index (χ3v) is 4.35. The minimum absolute atomic E-state index is 0.380. The van der Waals surface area contributed by atoms with Gasteiger partial charge in [0.05, 0.1) is 0 Å². The predicted octanol–water partition coefficient (Wildman–Crippen LogP) is 3.83. The van der Waals surface area contributed by atoms with Crippen LogP contribution in [-0.4, -0.2) is 23.0 Å². The van der Waals surface area contributed by atoms with Crippen molar-refractivity contribution in [1.82, 2.24) is 4.90 Å². The molecule has 0 amide bonds. The second-order valence-electron chi connectivity index (χ2n) is 6.47. The zero-order valence-electron chi connectivity index (χ0n) is 10.8. The van der Waals surface area contributed by atoms with Crippen molar-refractivity contribution in [2.24, 2.45) is 5.92 Å². The van der Waals surface area contributed by atoms with Crippen molar-refractivity contribution in [2.75, 3.05) is 6.54 Å². The Morgan fingerprint density at radius 3 is 2.13 bits per heavy atom. The molecule has 2 fully saturated rings. The van der Waals surface area contributed by atoms with Crippen LogP contribution < -0.4 is 0 Å². The molecular formula is C14H27N. The molecule has 88 valence electrons. The summed E-state index contributed by atoms with van der Waals surface area (Å²) < 4.78 is 0. The van der Waals surface area contributed by atoms with E-state index in [2.05, 4.69) is 25.7 Å². The average Bonchev–Trinajstić information content (AvgIpc) is 2.38. The summed E-state index contributed by atoms with van der Waals surface area (Å²) in [5, 5.41) is 0. The number of rotatable bonds is 0. The summed E-state index contributed by atoms with van der Waals surface area (Å²) >= 11 is 0. The fourth-order valence-corrected chi connectivity index (χ4v) is 3.62. The van der Waals surface area contributed by atoms with E-state index in [1.54, 1.807) is 0 Å². The van der Waals surface area contributed by atoms with E-state index in [9.17, 15) is 0 Å². The maximum Gasteiger partial charge on any atom is 0.0129 e. The first-order valence-corrected chi connectivity index (χ1v) is 6.86. The fourth-order valence-electron chi connectivity index (χ4n) is 3.62. The van der Waals surface area contributed by atoms with E-state index >= 15 is 0 Å². The van der Waals surface area contributed by atoms with Gasteiger partial charge in [-0.1, -0.05) is 19.3 Å². The number of nitrogens with zero attached hydrogens (tertiary/aromatic N) is 1. The molecule has 0 aromatic carbocycles. The standard InChI is InChI=1S/C14H27N/c1-14(2,3)15-11-7-6-9-12-8-4-5-10-13(12)15/h12-13H,4-11H2,1-3H3. The van der Waals surface area contributed by atoms with E-state index in [1.807, 2.05) is 0 Å². The van der Waals surface area contributed by atoms with E-state index < -0.39 is 0 Å². The van der Waals surface area contributed by atoms with Crippen molar-refractivity contribution in [2.45, 2.75) is 77.3 Å². The maximum atomic E-state index is 2.81. The molecule has 2 rings (SSSR count). The summed E-state index contributed by atoms with van der Waals surface area (Å²) in [6, 6.07) is 0.904. The molecule has 0 N–H and O–H groups in total. The van der Waals surface area contributed by atoms with Crippen LogP contribution in [0.5, 0.6) is 0 Å². The highest BCUT2D eigenvalue weighted by molar-refractivity contribution is 4.91. The van der Waals surface area contributed by atoms with E-state index in [1.165, 1.54) is 51.5 Å². The molecule has 0 radical (unpaired) electrons. The van der Waals surface area contributed by atoms with Crippen LogP contribution in [0.4, 0.5) is 0 Å². The molecule has 1 saturated carbocycles. The topological polar surface area (TPSA) is 3.24 Å². The molecule has 0 aromatic rings. The molecule has 1 saturated heterocycles. The molecule has 1 aliphatic carbocycles. The third-order valence-electron chi connectivity index (χ3n) is 4.35. The van der Waals surface area contributed by atoms with Crippen LogP contribution in [0.2, 0.25) is 0 Å². The summed E-state index contributed by atoms with van der Waals surface area (Å²) in [7, 11) is 0. The predicted molar refractivity (Wildman–Crippen MR) is 66.1 cm³/mol. The van der Waals surface area contributed by atoms with Gasteiger partial charge in [0.2, 0.25) is 0 Å². The van der Waals surface area contributed by atoms with Crippen molar-refractivity contribution >= 4 is 0 Å². The monoisotopic (exact) mass is 209 g/mol. The highest BCUT2D eigenvalue weighted by Gasteiger charge is 2.36. The first kappa shape index (κ1) is 11.4. The lowest BCUT2D eigenvalue weighted by Crippen LogP contribution is -2.51. The van der Waals surface area contributed by atoms with E-state index in [4.69, 9.17) is 0 Å². The molecule has 15 heavy (non-hydrogen) atoms. The molecule has 0 bridgehead atoms. The Labute approximate surface area is 95.2 Å². The number of hydrogen-bond acceptors (Lipinski definition) is 1. The van der Waals surface area contributed by atoms with Crippen LogP contribution in [0.3, 0.4) is 0 Å². The highest BCUT2D eigenvalue weighted by Crippen LogP contribution is 2.37. The molecule has 1 nitrogen and oxygen atoms in total. The lowest BCUT2D eigenvalue weighted by Gasteiger charge is -2.45. The van der Waals surface area contributed by atoms with Crippen LogP contribution >= 0.6 is 0 Å². The van der Waals surface area contributed by atoms with Crippen molar-refractivity contribution in [3.8, 4) is 0 Å². The Bertz CT molecular complexity index is 204. The van der Waals surface area contributed by atoms with Gasteiger partial charge in [-0.15, -0.1) is 0 Å². The van der Waals surface area contributed by atoms with E-state index in [0.717, 1.165) is 12.0 Å². The van der Waals surface area contributed by atoms with E-state index in [-0.39, 0.29) is 0 Å². The Morgan fingerprint density at radius 2 is 1.47 bits per heavy atom. The first-order chi connectivity index (χ1) is 7.09. The Hall–Kier alpha value is -0.0400. The van der Waals surface area contributed by atoms with Crippen LogP contribution in [0.15, 0.2) is 0 Å². The lowest BCUT2D eigenvalue weighted by molar-refractivity contribution is 0.0374. The highest BCUT2D eigenvalue weighted by atomic mass is 15.2. The quantitative estimate of drug-likeness (QED) is 0.586. The summed E-state index contributed by atoms with van der Waals surface area (Å²) in [6.07, 6.45) is 10.3. The van der Waals surface area contributed by atoms with Gasteiger partial charge < -0.3 is 0 Å². The number of hydrogen-bond donors (Lipinski definition) is 0. The molecule has 2 unspecified atom stereocenters. The number of fused-ring (bicyclic) bond motifs is 1. The molecule has 1 aliphatic heterocycles.